The van der Waals surface area contributed by atoms with Crippen molar-refractivity contribution in [3.8, 4) is 0 Å². The SMILES string of the molecule is Cc1ccccc1Cn1ccc(NC(=O)C23CC4CC(C2)CC(n2cnc(Cl)n2)(C4)C3)n1. The summed E-state index contributed by atoms with van der Waals surface area (Å²) in [7, 11) is 0. The molecule has 7 nitrogen and oxygen atoms in total. The fraction of sp³-hybridized carbons (Fsp3) is 0.500. The van der Waals surface area contributed by atoms with Gasteiger partial charge in [-0.1, -0.05) is 24.3 Å². The van der Waals surface area contributed by atoms with Crippen LogP contribution >= 0.6 is 11.6 Å². The Morgan fingerprint density at radius 1 is 1.16 bits per heavy atom. The molecule has 2 heterocycles. The fourth-order valence-electron chi connectivity index (χ4n) is 6.95. The van der Waals surface area contributed by atoms with Gasteiger partial charge in [0.15, 0.2) is 5.82 Å². The van der Waals surface area contributed by atoms with E-state index in [1.807, 2.05) is 33.8 Å². The third kappa shape index (κ3) is 3.25. The van der Waals surface area contributed by atoms with Crippen LogP contribution in [0.2, 0.25) is 5.28 Å². The van der Waals surface area contributed by atoms with Crippen molar-refractivity contribution < 1.29 is 4.79 Å². The molecule has 0 aliphatic heterocycles. The molecule has 1 N–H and O–H groups in total. The Hall–Kier alpha value is -2.67. The van der Waals surface area contributed by atoms with Crippen LogP contribution in [0.5, 0.6) is 0 Å². The lowest BCUT2D eigenvalue weighted by atomic mass is 9.46. The highest BCUT2D eigenvalue weighted by Crippen LogP contribution is 2.64. The molecule has 1 aromatic carbocycles. The van der Waals surface area contributed by atoms with E-state index in [1.165, 1.54) is 17.5 Å². The summed E-state index contributed by atoms with van der Waals surface area (Å²) in [6, 6.07) is 10.2. The van der Waals surface area contributed by atoms with Crippen molar-refractivity contribution in [2.24, 2.45) is 17.3 Å². The summed E-state index contributed by atoms with van der Waals surface area (Å²) >= 11 is 6.04. The number of nitrogens with one attached hydrogen (secondary N) is 1. The Bertz CT molecular complexity index is 1170. The van der Waals surface area contributed by atoms with E-state index in [0.717, 1.165) is 32.1 Å². The van der Waals surface area contributed by atoms with Gasteiger partial charge in [-0.15, -0.1) is 5.10 Å². The van der Waals surface area contributed by atoms with Crippen LogP contribution in [0, 0.1) is 24.2 Å². The molecule has 7 rings (SSSR count). The molecule has 2 atom stereocenters. The predicted molar refractivity (Wildman–Crippen MR) is 121 cm³/mol. The monoisotopic (exact) mass is 450 g/mol. The lowest BCUT2D eigenvalue weighted by molar-refractivity contribution is -0.150. The standard InChI is InChI=1S/C24H27ClN6O/c1-16-4-2-3-5-19(16)13-30-7-6-20(28-30)27-21(32)23-9-17-8-18(10-23)12-24(11-17,14-23)31-15-26-22(25)29-31/h2-7,15,17-18H,8-14H2,1H3,(H,27,28,32). The predicted octanol–water partition coefficient (Wildman–Crippen LogP) is 4.42. The van der Waals surface area contributed by atoms with Gasteiger partial charge in [0.1, 0.15) is 6.33 Å². The van der Waals surface area contributed by atoms with Crippen LogP contribution in [0.25, 0.3) is 0 Å². The molecule has 0 radical (unpaired) electrons. The molecule has 4 aliphatic carbocycles. The van der Waals surface area contributed by atoms with E-state index in [2.05, 4.69) is 39.6 Å². The number of amides is 1. The van der Waals surface area contributed by atoms with Crippen molar-refractivity contribution in [3.63, 3.8) is 0 Å². The van der Waals surface area contributed by atoms with Crippen molar-refractivity contribution in [3.05, 3.63) is 59.3 Å². The topological polar surface area (TPSA) is 77.6 Å². The second kappa shape index (κ2) is 7.17. The Morgan fingerprint density at radius 2 is 1.94 bits per heavy atom. The summed E-state index contributed by atoms with van der Waals surface area (Å²) < 4.78 is 3.84. The minimum Gasteiger partial charge on any atom is -0.309 e. The number of aromatic nitrogens is 5. The molecule has 0 saturated heterocycles. The highest BCUT2D eigenvalue weighted by Gasteiger charge is 2.61. The van der Waals surface area contributed by atoms with Crippen LogP contribution in [0.4, 0.5) is 5.82 Å². The maximum atomic E-state index is 13.6. The van der Waals surface area contributed by atoms with Gasteiger partial charge in [0.2, 0.25) is 11.2 Å². The number of carbonyl (C=O) groups excluding carboxylic acids is 1. The van der Waals surface area contributed by atoms with E-state index >= 15 is 0 Å². The van der Waals surface area contributed by atoms with Crippen LogP contribution < -0.4 is 5.32 Å². The number of rotatable bonds is 5. The molecule has 4 bridgehead atoms. The van der Waals surface area contributed by atoms with Crippen molar-refractivity contribution in [1.82, 2.24) is 24.5 Å². The number of nitrogens with zero attached hydrogens (tertiary/aromatic N) is 5. The van der Waals surface area contributed by atoms with E-state index in [4.69, 9.17) is 11.6 Å². The first-order valence-electron chi connectivity index (χ1n) is 11.4. The van der Waals surface area contributed by atoms with E-state index in [1.54, 1.807) is 6.33 Å². The zero-order valence-electron chi connectivity index (χ0n) is 18.2. The van der Waals surface area contributed by atoms with Gasteiger partial charge in [0.05, 0.1) is 17.5 Å². The lowest BCUT2D eigenvalue weighted by Crippen LogP contribution is -2.60. The summed E-state index contributed by atoms with van der Waals surface area (Å²) in [5.74, 6) is 1.81. The Kier molecular flexibility index (Phi) is 4.47. The molecule has 0 spiro atoms. The fourth-order valence-corrected chi connectivity index (χ4v) is 7.07. The summed E-state index contributed by atoms with van der Waals surface area (Å²) in [6.07, 6.45) is 9.70. The molecular formula is C24H27ClN6O. The number of halogens is 1. The van der Waals surface area contributed by atoms with E-state index in [9.17, 15) is 4.79 Å². The maximum Gasteiger partial charge on any atom is 0.242 e. The largest absolute Gasteiger partial charge is 0.309 e. The van der Waals surface area contributed by atoms with Gasteiger partial charge >= 0.3 is 0 Å². The van der Waals surface area contributed by atoms with Crippen LogP contribution in [0.3, 0.4) is 0 Å². The number of hydrogen-bond donors (Lipinski definition) is 1. The second-order valence-electron chi connectivity index (χ2n) is 10.2. The Labute approximate surface area is 192 Å². The molecule has 32 heavy (non-hydrogen) atoms. The van der Waals surface area contributed by atoms with E-state index < -0.39 is 0 Å². The number of anilines is 1. The van der Waals surface area contributed by atoms with Crippen LogP contribution in [0.1, 0.15) is 49.7 Å². The first-order valence-corrected chi connectivity index (χ1v) is 11.8. The number of carbonyl (C=O) groups is 1. The van der Waals surface area contributed by atoms with Crippen molar-refractivity contribution >= 4 is 23.3 Å². The Balaban J connectivity index is 1.22. The number of benzene rings is 1. The minimum absolute atomic E-state index is 0.100. The van der Waals surface area contributed by atoms with Gasteiger partial charge < -0.3 is 5.32 Å². The van der Waals surface area contributed by atoms with Gasteiger partial charge in [-0.25, -0.2) is 9.67 Å². The highest BCUT2D eigenvalue weighted by atomic mass is 35.5. The summed E-state index contributed by atoms with van der Waals surface area (Å²) in [4.78, 5) is 17.8. The van der Waals surface area contributed by atoms with Gasteiger partial charge in [-0.3, -0.25) is 9.48 Å². The van der Waals surface area contributed by atoms with Gasteiger partial charge in [0, 0.05) is 12.3 Å². The summed E-state index contributed by atoms with van der Waals surface area (Å²) in [5, 5.41) is 12.5. The number of hydrogen-bond acceptors (Lipinski definition) is 4. The third-order valence-corrected chi connectivity index (χ3v) is 8.11. The second-order valence-corrected chi connectivity index (χ2v) is 10.5. The van der Waals surface area contributed by atoms with Crippen LogP contribution in [0.15, 0.2) is 42.9 Å². The summed E-state index contributed by atoms with van der Waals surface area (Å²) in [5.41, 5.74) is 1.94. The molecule has 4 aliphatic rings. The first-order chi connectivity index (χ1) is 15.4. The molecule has 4 fully saturated rings. The average Bonchev–Trinajstić information content (AvgIpc) is 3.38. The molecule has 1 amide bonds. The van der Waals surface area contributed by atoms with Crippen LogP contribution in [-0.2, 0) is 16.9 Å². The molecule has 3 aromatic rings. The van der Waals surface area contributed by atoms with Gasteiger partial charge in [0.25, 0.3) is 0 Å². The van der Waals surface area contributed by atoms with Crippen LogP contribution in [-0.4, -0.2) is 30.5 Å². The van der Waals surface area contributed by atoms with Gasteiger partial charge in [-0.05, 0) is 80.0 Å². The molecule has 2 aromatic heterocycles. The number of aryl methyl sites for hydroxylation is 1. The zero-order valence-corrected chi connectivity index (χ0v) is 18.9. The smallest absolute Gasteiger partial charge is 0.242 e. The molecule has 2 unspecified atom stereocenters. The normalized spacial score (nSPS) is 30.6. The average molecular weight is 451 g/mol. The van der Waals surface area contributed by atoms with Crippen molar-refractivity contribution in [2.75, 3.05) is 5.32 Å². The Morgan fingerprint density at radius 3 is 2.66 bits per heavy atom. The third-order valence-electron chi connectivity index (χ3n) is 7.94. The summed E-state index contributed by atoms with van der Waals surface area (Å²) in [6.45, 7) is 2.79. The van der Waals surface area contributed by atoms with E-state index in [0.29, 0.717) is 24.2 Å². The molecule has 8 heteroatoms. The quantitative estimate of drug-likeness (QED) is 0.624. The highest BCUT2D eigenvalue weighted by molar-refractivity contribution is 6.28. The molecule has 4 saturated carbocycles. The zero-order chi connectivity index (χ0) is 21.9. The first kappa shape index (κ1) is 20.0. The van der Waals surface area contributed by atoms with E-state index in [-0.39, 0.29) is 22.1 Å². The lowest BCUT2D eigenvalue weighted by Gasteiger charge is -2.60. The van der Waals surface area contributed by atoms with Crippen molar-refractivity contribution in [1.29, 1.82) is 0 Å². The minimum atomic E-state index is -0.373. The molecular weight excluding hydrogens is 424 g/mol. The molecule has 166 valence electrons. The van der Waals surface area contributed by atoms with Crippen molar-refractivity contribution in [2.45, 2.75) is 57.5 Å². The maximum absolute atomic E-state index is 13.6. The van der Waals surface area contributed by atoms with Gasteiger partial charge in [-0.2, -0.15) is 5.10 Å².